The lowest BCUT2D eigenvalue weighted by Gasteiger charge is -2.02. The van der Waals surface area contributed by atoms with Crippen molar-refractivity contribution in [2.75, 3.05) is 0 Å². The van der Waals surface area contributed by atoms with E-state index in [1.165, 1.54) is 0 Å². The largest absolute Gasteiger partial charge is 0.323 e. The Balaban J connectivity index is 3.38. The van der Waals surface area contributed by atoms with E-state index < -0.39 is 0 Å². The van der Waals surface area contributed by atoms with Gasteiger partial charge in [0.2, 0.25) is 0 Å². The third kappa shape index (κ3) is 1.44. The summed E-state index contributed by atoms with van der Waals surface area (Å²) >= 11 is 0. The predicted octanol–water partition coefficient (Wildman–Crippen LogP) is 1.28. The number of hydrogen-bond donors (Lipinski definition) is 1. The zero-order chi connectivity index (χ0) is 9.14. The van der Waals surface area contributed by atoms with Crippen molar-refractivity contribution in [2.24, 2.45) is 0 Å². The number of aromatic amines is 1. The molecule has 12 heavy (non-hydrogen) atoms. The van der Waals surface area contributed by atoms with Gasteiger partial charge in [0, 0.05) is 5.69 Å². The zero-order valence-electron chi connectivity index (χ0n) is 7.35. The quantitative estimate of drug-likeness (QED) is 0.715. The lowest BCUT2D eigenvalue weighted by atomic mass is 10.2. The van der Waals surface area contributed by atoms with Gasteiger partial charge in [-0.05, 0) is 19.4 Å². The maximum absolute atomic E-state index is 11.1. The van der Waals surface area contributed by atoms with Crippen LogP contribution in [0.4, 0.5) is 0 Å². The van der Waals surface area contributed by atoms with Gasteiger partial charge in [0.1, 0.15) is 5.69 Å². The molecule has 0 bridgehead atoms. The van der Waals surface area contributed by atoms with Gasteiger partial charge in [-0.25, -0.2) is 4.98 Å². The van der Waals surface area contributed by atoms with Gasteiger partial charge in [0.25, 0.3) is 5.56 Å². The van der Waals surface area contributed by atoms with Crippen LogP contribution in [0, 0.1) is 6.92 Å². The topological polar surface area (TPSA) is 45.8 Å². The minimum atomic E-state index is -0.113. The van der Waals surface area contributed by atoms with E-state index in [0.717, 1.165) is 17.8 Å². The fourth-order valence-corrected chi connectivity index (χ4v) is 1.03. The molecule has 3 nitrogen and oxygen atoms in total. The summed E-state index contributed by atoms with van der Waals surface area (Å²) in [6.07, 6.45) is 2.42. The van der Waals surface area contributed by atoms with Crippen molar-refractivity contribution < 1.29 is 0 Å². The van der Waals surface area contributed by atoms with Gasteiger partial charge < -0.3 is 4.98 Å². The van der Waals surface area contributed by atoms with Gasteiger partial charge in [0.15, 0.2) is 0 Å². The molecule has 1 heterocycles. The fraction of sp³-hybridized carbons (Fsp3) is 0.333. The van der Waals surface area contributed by atoms with Crippen LogP contribution in [0.5, 0.6) is 0 Å². The third-order valence-corrected chi connectivity index (χ3v) is 1.74. The summed E-state index contributed by atoms with van der Waals surface area (Å²) in [7, 11) is 0. The van der Waals surface area contributed by atoms with E-state index in [2.05, 4.69) is 16.5 Å². The Morgan fingerprint density at radius 1 is 1.67 bits per heavy atom. The highest BCUT2D eigenvalue weighted by Crippen LogP contribution is 2.02. The van der Waals surface area contributed by atoms with Crippen molar-refractivity contribution in [1.29, 1.82) is 0 Å². The van der Waals surface area contributed by atoms with Gasteiger partial charge in [-0.2, -0.15) is 0 Å². The van der Waals surface area contributed by atoms with Gasteiger partial charge in [-0.15, -0.1) is 0 Å². The molecule has 0 fully saturated rings. The van der Waals surface area contributed by atoms with Crippen LogP contribution in [0.15, 0.2) is 11.4 Å². The molecule has 1 rings (SSSR count). The number of nitrogens with zero attached hydrogens (tertiary/aromatic N) is 1. The molecule has 0 saturated heterocycles. The number of rotatable bonds is 2. The standard InChI is InChI=1S/C9H12N2O/c1-4-7-8(5-2)11-9(12)6(3)10-7/h4H,1,5H2,2-3H3,(H,11,12). The van der Waals surface area contributed by atoms with Gasteiger partial charge in [0.05, 0.1) is 5.69 Å². The molecule has 0 saturated carbocycles. The molecule has 1 aromatic heterocycles. The molecule has 0 aliphatic carbocycles. The summed E-state index contributed by atoms with van der Waals surface area (Å²) in [6, 6.07) is 0. The molecular formula is C9H12N2O. The van der Waals surface area contributed by atoms with Crippen LogP contribution in [0.25, 0.3) is 6.08 Å². The Hall–Kier alpha value is -1.38. The first-order valence-corrected chi connectivity index (χ1v) is 3.91. The second-order valence-corrected chi connectivity index (χ2v) is 2.57. The van der Waals surface area contributed by atoms with Crippen LogP contribution < -0.4 is 5.56 Å². The second kappa shape index (κ2) is 3.34. The first-order chi connectivity index (χ1) is 5.69. The van der Waals surface area contributed by atoms with Crippen LogP contribution in [0.1, 0.15) is 24.0 Å². The molecule has 1 N–H and O–H groups in total. The number of aromatic nitrogens is 2. The Labute approximate surface area is 71.2 Å². The number of hydrogen-bond acceptors (Lipinski definition) is 2. The highest BCUT2D eigenvalue weighted by Gasteiger charge is 2.02. The van der Waals surface area contributed by atoms with E-state index in [-0.39, 0.29) is 5.56 Å². The Morgan fingerprint density at radius 3 is 2.83 bits per heavy atom. The Kier molecular flexibility index (Phi) is 2.43. The van der Waals surface area contributed by atoms with Crippen molar-refractivity contribution in [3.05, 3.63) is 34.0 Å². The summed E-state index contributed by atoms with van der Waals surface area (Å²) in [6.45, 7) is 7.28. The second-order valence-electron chi connectivity index (χ2n) is 2.57. The molecule has 0 aromatic carbocycles. The van der Waals surface area contributed by atoms with Crippen molar-refractivity contribution in [3.8, 4) is 0 Å². The lowest BCUT2D eigenvalue weighted by molar-refractivity contribution is 0.935. The molecule has 0 aliphatic heterocycles. The Bertz CT molecular complexity index is 352. The average molecular weight is 164 g/mol. The molecule has 0 atom stereocenters. The van der Waals surface area contributed by atoms with E-state index in [4.69, 9.17) is 0 Å². The minimum absolute atomic E-state index is 0.113. The van der Waals surface area contributed by atoms with E-state index in [1.54, 1.807) is 13.0 Å². The molecule has 64 valence electrons. The zero-order valence-corrected chi connectivity index (χ0v) is 7.35. The first-order valence-electron chi connectivity index (χ1n) is 3.91. The smallest absolute Gasteiger partial charge is 0.269 e. The van der Waals surface area contributed by atoms with Crippen LogP contribution in [-0.4, -0.2) is 9.97 Å². The van der Waals surface area contributed by atoms with Crippen LogP contribution in [-0.2, 0) is 6.42 Å². The van der Waals surface area contributed by atoms with Crippen molar-refractivity contribution in [3.63, 3.8) is 0 Å². The predicted molar refractivity (Wildman–Crippen MR) is 49.1 cm³/mol. The number of H-pyrrole nitrogens is 1. The Morgan fingerprint density at radius 2 is 2.33 bits per heavy atom. The fourth-order valence-electron chi connectivity index (χ4n) is 1.03. The van der Waals surface area contributed by atoms with Crippen molar-refractivity contribution >= 4 is 6.08 Å². The molecule has 0 aliphatic rings. The van der Waals surface area contributed by atoms with Crippen LogP contribution >= 0.6 is 0 Å². The summed E-state index contributed by atoms with van der Waals surface area (Å²) in [5.74, 6) is 0. The summed E-state index contributed by atoms with van der Waals surface area (Å²) in [4.78, 5) is 18.0. The molecule has 0 unspecified atom stereocenters. The van der Waals surface area contributed by atoms with Crippen LogP contribution in [0.3, 0.4) is 0 Å². The van der Waals surface area contributed by atoms with Crippen molar-refractivity contribution in [2.45, 2.75) is 20.3 Å². The first kappa shape index (κ1) is 8.71. The van der Waals surface area contributed by atoms with E-state index in [0.29, 0.717) is 5.69 Å². The summed E-state index contributed by atoms with van der Waals surface area (Å²) in [5.41, 5.74) is 2.00. The SMILES string of the molecule is C=Cc1nc(C)c(=O)[nH]c1CC. The molecule has 0 amide bonds. The third-order valence-electron chi connectivity index (χ3n) is 1.74. The highest BCUT2D eigenvalue weighted by atomic mass is 16.1. The molecular weight excluding hydrogens is 152 g/mol. The van der Waals surface area contributed by atoms with Gasteiger partial charge in [-0.1, -0.05) is 13.5 Å². The summed E-state index contributed by atoms with van der Waals surface area (Å²) in [5, 5.41) is 0. The maximum atomic E-state index is 11.1. The maximum Gasteiger partial charge on any atom is 0.269 e. The summed E-state index contributed by atoms with van der Waals surface area (Å²) < 4.78 is 0. The van der Waals surface area contributed by atoms with Crippen LogP contribution in [0.2, 0.25) is 0 Å². The molecule has 0 radical (unpaired) electrons. The van der Waals surface area contributed by atoms with Gasteiger partial charge >= 0.3 is 0 Å². The molecule has 0 spiro atoms. The lowest BCUT2D eigenvalue weighted by Crippen LogP contribution is -2.15. The minimum Gasteiger partial charge on any atom is -0.323 e. The number of aryl methyl sites for hydroxylation is 2. The molecule has 1 aromatic rings. The van der Waals surface area contributed by atoms with E-state index in [1.807, 2.05) is 6.92 Å². The number of nitrogens with one attached hydrogen (secondary N) is 1. The normalized spacial score (nSPS) is 9.83. The average Bonchev–Trinajstić information content (AvgIpc) is 2.09. The van der Waals surface area contributed by atoms with Gasteiger partial charge in [-0.3, -0.25) is 4.79 Å². The highest BCUT2D eigenvalue weighted by molar-refractivity contribution is 5.44. The van der Waals surface area contributed by atoms with E-state index in [9.17, 15) is 4.79 Å². The van der Waals surface area contributed by atoms with Crippen molar-refractivity contribution in [1.82, 2.24) is 9.97 Å². The van der Waals surface area contributed by atoms with E-state index >= 15 is 0 Å². The monoisotopic (exact) mass is 164 g/mol. The molecule has 3 heteroatoms.